The van der Waals surface area contributed by atoms with Gasteiger partial charge in [0.05, 0.1) is 5.56 Å². The number of carbonyl (C=O) groups is 1. The number of carboxylic acid groups (broad SMARTS) is 1. The molecule has 1 aromatic rings. The van der Waals surface area contributed by atoms with Crippen LogP contribution in [0.2, 0.25) is 0 Å². The third-order valence-electron chi connectivity index (χ3n) is 2.27. The minimum absolute atomic E-state index is 0.390. The Balaban J connectivity index is 2.56. The molecule has 0 bridgehead atoms. The summed E-state index contributed by atoms with van der Waals surface area (Å²) in [5.74, 6) is -0.858. The fourth-order valence-corrected chi connectivity index (χ4v) is 1.41. The van der Waals surface area contributed by atoms with E-state index < -0.39 is 5.97 Å². The van der Waals surface area contributed by atoms with E-state index in [1.54, 1.807) is 12.1 Å². The molecule has 82 valence electrons. The zero-order valence-corrected chi connectivity index (χ0v) is 8.99. The molecular weight excluding hydrogens is 190 g/mol. The van der Waals surface area contributed by atoms with Crippen LogP contribution in [-0.4, -0.2) is 17.6 Å². The highest BCUT2D eigenvalue weighted by Gasteiger charge is 2.07. The predicted molar refractivity (Wildman–Crippen MR) is 60.0 cm³/mol. The molecule has 3 nitrogen and oxygen atoms in total. The van der Waals surface area contributed by atoms with Crippen molar-refractivity contribution in [1.29, 1.82) is 0 Å². The van der Waals surface area contributed by atoms with E-state index in [4.69, 9.17) is 5.11 Å². The largest absolute Gasteiger partial charge is 0.478 e. The molecule has 0 saturated heterocycles. The number of nitrogens with one attached hydrogen (secondary N) is 1. The molecule has 15 heavy (non-hydrogen) atoms. The maximum Gasteiger partial charge on any atom is 0.336 e. The van der Waals surface area contributed by atoms with Crippen LogP contribution in [0.25, 0.3) is 0 Å². The van der Waals surface area contributed by atoms with Gasteiger partial charge in [-0.15, -0.1) is 0 Å². The van der Waals surface area contributed by atoms with Gasteiger partial charge in [-0.25, -0.2) is 4.79 Å². The van der Waals surface area contributed by atoms with Crippen LogP contribution in [-0.2, 0) is 6.54 Å². The molecule has 0 aromatic heterocycles. The molecule has 3 heteroatoms. The van der Waals surface area contributed by atoms with Crippen LogP contribution < -0.4 is 5.32 Å². The van der Waals surface area contributed by atoms with Gasteiger partial charge in [0.15, 0.2) is 0 Å². The van der Waals surface area contributed by atoms with Gasteiger partial charge in [-0.05, 0) is 24.6 Å². The fourth-order valence-electron chi connectivity index (χ4n) is 1.41. The van der Waals surface area contributed by atoms with Gasteiger partial charge in [0.25, 0.3) is 0 Å². The van der Waals surface area contributed by atoms with Crippen molar-refractivity contribution in [3.8, 4) is 0 Å². The van der Waals surface area contributed by atoms with E-state index in [0.717, 1.165) is 24.9 Å². The average molecular weight is 207 g/mol. The molecule has 0 spiro atoms. The molecule has 1 aromatic carbocycles. The number of carboxylic acids is 1. The lowest BCUT2D eigenvalue weighted by Gasteiger charge is -2.06. The third kappa shape index (κ3) is 3.72. The molecular formula is C12H17NO2. The second-order valence-corrected chi connectivity index (χ2v) is 3.49. The Bertz CT molecular complexity index is 323. The van der Waals surface area contributed by atoms with Crippen molar-refractivity contribution in [2.75, 3.05) is 6.54 Å². The Morgan fingerprint density at radius 2 is 2.13 bits per heavy atom. The summed E-state index contributed by atoms with van der Waals surface area (Å²) >= 11 is 0. The van der Waals surface area contributed by atoms with E-state index in [1.165, 1.54) is 0 Å². The van der Waals surface area contributed by atoms with Crippen LogP contribution in [0.1, 0.15) is 35.7 Å². The highest BCUT2D eigenvalue weighted by molar-refractivity contribution is 5.89. The van der Waals surface area contributed by atoms with Crippen molar-refractivity contribution >= 4 is 5.97 Å². The molecule has 0 aliphatic rings. The molecule has 0 heterocycles. The lowest BCUT2D eigenvalue weighted by molar-refractivity contribution is 0.0695. The molecule has 0 aliphatic heterocycles. The van der Waals surface area contributed by atoms with Crippen molar-refractivity contribution in [3.05, 3.63) is 35.4 Å². The summed E-state index contributed by atoms with van der Waals surface area (Å²) in [6.07, 6.45) is 2.27. The van der Waals surface area contributed by atoms with E-state index in [-0.39, 0.29) is 0 Å². The zero-order valence-electron chi connectivity index (χ0n) is 8.99. The van der Waals surface area contributed by atoms with Crippen molar-refractivity contribution < 1.29 is 9.90 Å². The normalized spacial score (nSPS) is 10.2. The Kier molecular flexibility index (Phi) is 4.84. The van der Waals surface area contributed by atoms with E-state index in [0.29, 0.717) is 12.1 Å². The van der Waals surface area contributed by atoms with Gasteiger partial charge < -0.3 is 10.4 Å². The monoisotopic (exact) mass is 207 g/mol. The lowest BCUT2D eigenvalue weighted by Crippen LogP contribution is -2.16. The van der Waals surface area contributed by atoms with Crippen LogP contribution >= 0.6 is 0 Å². The number of aromatic carboxylic acids is 1. The topological polar surface area (TPSA) is 49.3 Å². The molecule has 0 radical (unpaired) electrons. The second-order valence-electron chi connectivity index (χ2n) is 3.49. The highest BCUT2D eigenvalue weighted by Crippen LogP contribution is 2.08. The summed E-state index contributed by atoms with van der Waals surface area (Å²) < 4.78 is 0. The van der Waals surface area contributed by atoms with Crippen LogP contribution in [0.5, 0.6) is 0 Å². The van der Waals surface area contributed by atoms with Crippen LogP contribution in [0, 0.1) is 0 Å². The first kappa shape index (κ1) is 11.7. The molecule has 0 fully saturated rings. The maximum atomic E-state index is 10.9. The summed E-state index contributed by atoms with van der Waals surface area (Å²) in [7, 11) is 0. The fraction of sp³-hybridized carbons (Fsp3) is 0.417. The van der Waals surface area contributed by atoms with Gasteiger partial charge in [0.2, 0.25) is 0 Å². The Morgan fingerprint density at radius 1 is 1.40 bits per heavy atom. The molecule has 0 unspecified atom stereocenters. The first-order valence-corrected chi connectivity index (χ1v) is 5.27. The number of hydrogen-bond donors (Lipinski definition) is 2. The summed E-state index contributed by atoms with van der Waals surface area (Å²) in [4.78, 5) is 10.9. The number of rotatable bonds is 6. The van der Waals surface area contributed by atoms with Gasteiger partial charge in [0, 0.05) is 6.54 Å². The first-order chi connectivity index (χ1) is 7.25. The average Bonchev–Trinajstić information content (AvgIpc) is 2.25. The number of hydrogen-bond acceptors (Lipinski definition) is 2. The van der Waals surface area contributed by atoms with E-state index in [1.807, 2.05) is 12.1 Å². The minimum Gasteiger partial charge on any atom is -0.478 e. The Labute approximate surface area is 90.1 Å². The van der Waals surface area contributed by atoms with Gasteiger partial charge in [-0.1, -0.05) is 31.5 Å². The van der Waals surface area contributed by atoms with Crippen molar-refractivity contribution in [3.63, 3.8) is 0 Å². The number of benzene rings is 1. The van der Waals surface area contributed by atoms with Crippen LogP contribution in [0.3, 0.4) is 0 Å². The van der Waals surface area contributed by atoms with Crippen LogP contribution in [0.4, 0.5) is 0 Å². The molecule has 0 atom stereocenters. The zero-order chi connectivity index (χ0) is 11.1. The van der Waals surface area contributed by atoms with E-state index >= 15 is 0 Å². The smallest absolute Gasteiger partial charge is 0.336 e. The number of unbranched alkanes of at least 4 members (excludes halogenated alkanes) is 1. The van der Waals surface area contributed by atoms with Gasteiger partial charge in [-0.2, -0.15) is 0 Å². The summed E-state index contributed by atoms with van der Waals surface area (Å²) in [6, 6.07) is 7.10. The van der Waals surface area contributed by atoms with Gasteiger partial charge in [0.1, 0.15) is 0 Å². The predicted octanol–water partition coefficient (Wildman–Crippen LogP) is 2.27. The standard InChI is InChI=1S/C12H17NO2/c1-2-3-8-13-9-10-6-4-5-7-11(10)12(14)15/h4-7,13H,2-3,8-9H2,1H3,(H,14,15). The van der Waals surface area contributed by atoms with Crippen molar-refractivity contribution in [1.82, 2.24) is 5.32 Å². The Hall–Kier alpha value is -1.35. The lowest BCUT2D eigenvalue weighted by atomic mass is 10.1. The first-order valence-electron chi connectivity index (χ1n) is 5.27. The van der Waals surface area contributed by atoms with Gasteiger partial charge >= 0.3 is 5.97 Å². The molecule has 2 N–H and O–H groups in total. The van der Waals surface area contributed by atoms with E-state index in [9.17, 15) is 4.79 Å². The molecule has 0 saturated carbocycles. The summed E-state index contributed by atoms with van der Waals surface area (Å²) in [6.45, 7) is 3.69. The summed E-state index contributed by atoms with van der Waals surface area (Å²) in [5, 5.41) is 12.2. The third-order valence-corrected chi connectivity index (χ3v) is 2.27. The van der Waals surface area contributed by atoms with E-state index in [2.05, 4.69) is 12.2 Å². The van der Waals surface area contributed by atoms with Crippen molar-refractivity contribution in [2.45, 2.75) is 26.3 Å². The molecule has 0 amide bonds. The second kappa shape index (κ2) is 6.19. The SMILES string of the molecule is CCCCNCc1ccccc1C(=O)O. The Morgan fingerprint density at radius 3 is 2.80 bits per heavy atom. The molecule has 0 aliphatic carbocycles. The van der Waals surface area contributed by atoms with Gasteiger partial charge in [-0.3, -0.25) is 0 Å². The quantitative estimate of drug-likeness (QED) is 0.703. The maximum absolute atomic E-state index is 10.9. The molecule has 1 rings (SSSR count). The van der Waals surface area contributed by atoms with Crippen LogP contribution in [0.15, 0.2) is 24.3 Å². The minimum atomic E-state index is -0.858. The van der Waals surface area contributed by atoms with Crippen molar-refractivity contribution in [2.24, 2.45) is 0 Å². The highest BCUT2D eigenvalue weighted by atomic mass is 16.4. The summed E-state index contributed by atoms with van der Waals surface area (Å²) in [5.41, 5.74) is 1.24.